The van der Waals surface area contributed by atoms with Gasteiger partial charge < -0.3 is 16.0 Å². The van der Waals surface area contributed by atoms with Gasteiger partial charge in [0, 0.05) is 24.7 Å². The van der Waals surface area contributed by atoms with E-state index < -0.39 is 18.1 Å². The molecule has 0 spiro atoms. The zero-order chi connectivity index (χ0) is 25.8. The van der Waals surface area contributed by atoms with Crippen LogP contribution in [-0.4, -0.2) is 58.9 Å². The molecule has 2 aromatic rings. The number of aromatic nitrogens is 1. The Labute approximate surface area is 212 Å². The van der Waals surface area contributed by atoms with Crippen molar-refractivity contribution in [2.45, 2.75) is 64.7 Å². The molecule has 1 fully saturated rings. The minimum atomic E-state index is -0.728. The fourth-order valence-corrected chi connectivity index (χ4v) is 4.67. The number of amides is 3. The van der Waals surface area contributed by atoms with E-state index in [1.807, 2.05) is 57.3 Å². The lowest BCUT2D eigenvalue weighted by Crippen LogP contribution is -2.61. The molecule has 36 heavy (non-hydrogen) atoms. The van der Waals surface area contributed by atoms with Crippen molar-refractivity contribution in [3.8, 4) is 0 Å². The second-order valence-corrected chi connectivity index (χ2v) is 10.0. The lowest BCUT2D eigenvalue weighted by Gasteiger charge is -2.35. The van der Waals surface area contributed by atoms with Gasteiger partial charge in [-0.15, -0.1) is 0 Å². The Morgan fingerprint density at radius 1 is 1.00 bits per heavy atom. The molecule has 2 aliphatic rings. The van der Waals surface area contributed by atoms with Gasteiger partial charge in [-0.2, -0.15) is 0 Å². The van der Waals surface area contributed by atoms with Crippen LogP contribution < -0.4 is 21.4 Å². The minimum Gasteiger partial charge on any atom is -0.348 e. The summed E-state index contributed by atoms with van der Waals surface area (Å²) in [7, 11) is 0. The molecule has 1 aromatic heterocycles. The van der Waals surface area contributed by atoms with Gasteiger partial charge in [0.25, 0.3) is 5.91 Å². The van der Waals surface area contributed by atoms with Gasteiger partial charge in [-0.05, 0) is 61.8 Å². The Hall–Kier alpha value is -3.30. The number of nitrogens with one attached hydrogen (secondary N) is 4. The highest BCUT2D eigenvalue weighted by Gasteiger charge is 2.32. The fourth-order valence-electron chi connectivity index (χ4n) is 4.67. The first-order valence-corrected chi connectivity index (χ1v) is 12.7. The van der Waals surface area contributed by atoms with Crippen LogP contribution in [0.3, 0.4) is 0 Å². The van der Waals surface area contributed by atoms with E-state index in [1.54, 1.807) is 6.92 Å². The van der Waals surface area contributed by atoms with Crippen molar-refractivity contribution in [1.29, 1.82) is 0 Å². The summed E-state index contributed by atoms with van der Waals surface area (Å²) in [6.07, 6.45) is 7.02. The van der Waals surface area contributed by atoms with Crippen molar-refractivity contribution >= 4 is 34.6 Å². The average molecular weight is 493 g/mol. The zero-order valence-electron chi connectivity index (χ0n) is 21.4. The van der Waals surface area contributed by atoms with E-state index in [9.17, 15) is 14.4 Å². The van der Waals surface area contributed by atoms with Gasteiger partial charge in [0.05, 0.1) is 17.8 Å². The smallest absolute Gasteiger partial charge is 0.258 e. The van der Waals surface area contributed by atoms with E-state index in [0.717, 1.165) is 22.0 Å². The van der Waals surface area contributed by atoms with Crippen molar-refractivity contribution in [3.05, 3.63) is 47.8 Å². The van der Waals surface area contributed by atoms with E-state index in [4.69, 9.17) is 0 Å². The summed E-state index contributed by atoms with van der Waals surface area (Å²) in [4.78, 5) is 43.7. The summed E-state index contributed by atoms with van der Waals surface area (Å²) in [6, 6.07) is 6.18. The molecular weight excluding hydrogens is 456 g/mol. The Balaban J connectivity index is 1.64. The van der Waals surface area contributed by atoms with Crippen LogP contribution in [0.5, 0.6) is 0 Å². The van der Waals surface area contributed by atoms with Crippen molar-refractivity contribution in [2.75, 3.05) is 13.1 Å². The predicted molar refractivity (Wildman–Crippen MR) is 139 cm³/mol. The normalized spacial score (nSPS) is 27.2. The molecule has 4 atom stereocenters. The highest BCUT2D eigenvalue weighted by Crippen LogP contribution is 2.22. The molecule has 0 unspecified atom stereocenters. The highest BCUT2D eigenvalue weighted by atomic mass is 16.2. The van der Waals surface area contributed by atoms with Gasteiger partial charge >= 0.3 is 0 Å². The molecule has 9 nitrogen and oxygen atoms in total. The number of hydrogen-bond acceptors (Lipinski definition) is 6. The van der Waals surface area contributed by atoms with Crippen LogP contribution in [0.1, 0.15) is 57.8 Å². The van der Waals surface area contributed by atoms with Crippen LogP contribution in [0.4, 0.5) is 0 Å². The number of hydrazine groups is 1. The maximum absolute atomic E-state index is 13.1. The van der Waals surface area contributed by atoms with E-state index in [1.165, 1.54) is 5.01 Å². The SMILES string of the molecule is CC(C)[C@@H]1NC/C=C\c2cc3cc(ccc3cn2)[C@@H](C)NC(=O)[C@@H]2CCCN(N2)C(=O)[C@H](C)NC1=O. The van der Waals surface area contributed by atoms with Gasteiger partial charge in [-0.25, -0.2) is 5.43 Å². The van der Waals surface area contributed by atoms with E-state index >= 15 is 0 Å². The first-order chi connectivity index (χ1) is 17.2. The van der Waals surface area contributed by atoms with Crippen LogP contribution in [0, 0.1) is 5.92 Å². The third-order valence-electron chi connectivity index (χ3n) is 6.82. The number of carbonyl (C=O) groups excluding carboxylic acids is 3. The second-order valence-electron chi connectivity index (χ2n) is 10.0. The number of fused-ring (bicyclic) bond motifs is 4. The molecule has 5 bridgehead atoms. The van der Waals surface area contributed by atoms with E-state index in [2.05, 4.69) is 32.4 Å². The molecule has 192 valence electrons. The van der Waals surface area contributed by atoms with Crippen LogP contribution in [-0.2, 0) is 14.4 Å². The largest absolute Gasteiger partial charge is 0.348 e. The monoisotopic (exact) mass is 492 g/mol. The summed E-state index contributed by atoms with van der Waals surface area (Å²) in [5.41, 5.74) is 4.88. The number of pyridine rings is 1. The van der Waals surface area contributed by atoms with Crippen LogP contribution in [0.2, 0.25) is 0 Å². The van der Waals surface area contributed by atoms with Gasteiger partial charge in [0.15, 0.2) is 0 Å². The summed E-state index contributed by atoms with van der Waals surface area (Å²) in [6.45, 7) is 8.52. The van der Waals surface area contributed by atoms with Crippen LogP contribution >= 0.6 is 0 Å². The number of rotatable bonds is 1. The van der Waals surface area contributed by atoms with Crippen molar-refractivity contribution in [1.82, 2.24) is 31.4 Å². The lowest BCUT2D eigenvalue weighted by atomic mass is 10.0. The van der Waals surface area contributed by atoms with Crippen LogP contribution in [0.25, 0.3) is 16.8 Å². The first-order valence-electron chi connectivity index (χ1n) is 12.7. The Bertz CT molecular complexity index is 1160. The molecule has 3 heterocycles. The van der Waals surface area contributed by atoms with Gasteiger partial charge in [-0.3, -0.25) is 24.4 Å². The Morgan fingerprint density at radius 2 is 1.78 bits per heavy atom. The zero-order valence-corrected chi connectivity index (χ0v) is 21.4. The number of hydrogen-bond donors (Lipinski definition) is 4. The molecule has 3 amide bonds. The molecule has 0 radical (unpaired) electrons. The quantitative estimate of drug-likeness (QED) is 0.484. The maximum Gasteiger partial charge on any atom is 0.258 e. The van der Waals surface area contributed by atoms with E-state index in [-0.39, 0.29) is 29.7 Å². The standard InChI is InChI=1S/C27H36N6O3/c1-16(2)24-26(35)31-18(4)27(36)33-12-6-8-23(32-33)25(34)30-17(3)19-9-10-20-15-29-22(7-5-11-28-24)14-21(20)13-19/h5,7,9-10,13-18,23-24,28,32H,6,8,11-12H2,1-4H3,(H,30,34)(H,31,35)/b7-5-/t17-,18+,23+,24+/m1/s1. The summed E-state index contributed by atoms with van der Waals surface area (Å²) in [5.74, 6) is -0.626. The average Bonchev–Trinajstić information content (AvgIpc) is 2.86. The molecule has 0 aliphatic carbocycles. The second kappa shape index (κ2) is 11.2. The molecule has 4 rings (SSSR count). The number of benzene rings is 1. The Morgan fingerprint density at radius 3 is 2.56 bits per heavy atom. The summed E-state index contributed by atoms with van der Waals surface area (Å²) in [5, 5.41) is 12.7. The topological polar surface area (TPSA) is 115 Å². The number of carbonyl (C=O) groups is 3. The fraction of sp³-hybridized carbons (Fsp3) is 0.481. The lowest BCUT2D eigenvalue weighted by molar-refractivity contribution is -0.143. The molecular formula is C27H36N6O3. The molecule has 0 saturated carbocycles. The van der Waals surface area contributed by atoms with Gasteiger partial charge in [0.2, 0.25) is 11.8 Å². The van der Waals surface area contributed by atoms with Gasteiger partial charge in [0.1, 0.15) is 12.1 Å². The highest BCUT2D eigenvalue weighted by molar-refractivity contribution is 5.90. The molecule has 1 aromatic carbocycles. The predicted octanol–water partition coefficient (Wildman–Crippen LogP) is 2.05. The molecule has 2 aliphatic heterocycles. The van der Waals surface area contributed by atoms with Gasteiger partial charge in [-0.1, -0.05) is 32.1 Å². The summed E-state index contributed by atoms with van der Waals surface area (Å²) >= 11 is 0. The van der Waals surface area contributed by atoms with Crippen molar-refractivity contribution in [3.63, 3.8) is 0 Å². The molecule has 1 saturated heterocycles. The first kappa shape index (κ1) is 25.8. The summed E-state index contributed by atoms with van der Waals surface area (Å²) < 4.78 is 0. The minimum absolute atomic E-state index is 0.0268. The van der Waals surface area contributed by atoms with Crippen molar-refractivity contribution in [2.24, 2.45) is 5.92 Å². The number of nitrogens with zero attached hydrogens (tertiary/aromatic N) is 2. The molecule has 4 N–H and O–H groups in total. The third-order valence-corrected chi connectivity index (χ3v) is 6.82. The van der Waals surface area contributed by atoms with E-state index in [0.29, 0.717) is 25.9 Å². The maximum atomic E-state index is 13.1. The Kier molecular flexibility index (Phi) is 8.01. The molecule has 9 heteroatoms. The van der Waals surface area contributed by atoms with Crippen LogP contribution in [0.15, 0.2) is 36.5 Å². The van der Waals surface area contributed by atoms with Crippen molar-refractivity contribution < 1.29 is 14.4 Å². The third kappa shape index (κ3) is 5.91.